The fraction of sp³-hybridized carbons (Fsp3) is 0.900. The van der Waals surface area contributed by atoms with E-state index in [9.17, 15) is 31.1 Å². The fourth-order valence-electron chi connectivity index (χ4n) is 1.54. The maximum Gasteiger partial charge on any atom is 0.426 e. The number of esters is 1. The molecule has 0 saturated carbocycles. The molecule has 2 radical (unpaired) electrons. The van der Waals surface area contributed by atoms with E-state index in [1.807, 2.05) is 0 Å². The third-order valence-corrected chi connectivity index (χ3v) is 2.43. The molecular formula is C10H13BF6O3. The van der Waals surface area contributed by atoms with Gasteiger partial charge in [-0.05, 0) is 6.42 Å². The highest BCUT2D eigenvalue weighted by molar-refractivity contribution is 6.11. The molecule has 0 aromatic carbocycles. The molecule has 10 heteroatoms. The van der Waals surface area contributed by atoms with E-state index in [0.717, 1.165) is 6.92 Å². The lowest BCUT2D eigenvalue weighted by Gasteiger charge is -2.35. The minimum absolute atomic E-state index is 0.450. The van der Waals surface area contributed by atoms with Crippen LogP contribution in [0.5, 0.6) is 0 Å². The molecule has 0 aliphatic carbocycles. The van der Waals surface area contributed by atoms with Gasteiger partial charge in [0.1, 0.15) is 6.10 Å². The number of ether oxygens (including phenoxy) is 1. The van der Waals surface area contributed by atoms with Crippen LogP contribution in [0.15, 0.2) is 0 Å². The molecule has 0 amide bonds. The second-order valence-electron chi connectivity index (χ2n) is 4.50. The Bertz CT molecular complexity index is 325. The molecule has 0 rings (SSSR count). The number of hydrogen-bond donors (Lipinski definition) is 1. The molecule has 0 bridgehead atoms. The first-order valence-electron chi connectivity index (χ1n) is 5.49. The minimum Gasteiger partial charge on any atom is -0.462 e. The average Bonchev–Trinajstić information content (AvgIpc) is 2.10. The van der Waals surface area contributed by atoms with Crippen molar-refractivity contribution >= 4 is 13.8 Å². The van der Waals surface area contributed by atoms with Gasteiger partial charge in [-0.3, -0.25) is 4.79 Å². The van der Waals surface area contributed by atoms with Gasteiger partial charge in [-0.15, -0.1) is 0 Å². The van der Waals surface area contributed by atoms with E-state index >= 15 is 0 Å². The quantitative estimate of drug-likeness (QED) is 0.482. The Labute approximate surface area is 112 Å². The van der Waals surface area contributed by atoms with E-state index in [1.54, 1.807) is 0 Å². The van der Waals surface area contributed by atoms with Crippen LogP contribution >= 0.6 is 0 Å². The zero-order chi connectivity index (χ0) is 16.4. The summed E-state index contributed by atoms with van der Waals surface area (Å²) in [7, 11) is 5.27. The topological polar surface area (TPSA) is 46.5 Å². The Balaban J connectivity index is 5.34. The second-order valence-corrected chi connectivity index (χ2v) is 4.50. The number of alkyl halides is 6. The number of rotatable bonds is 5. The first-order chi connectivity index (χ1) is 8.70. The summed E-state index contributed by atoms with van der Waals surface area (Å²) in [5, 5.41) is 9.00. The monoisotopic (exact) mass is 306 g/mol. The summed E-state index contributed by atoms with van der Waals surface area (Å²) >= 11 is 0. The van der Waals surface area contributed by atoms with Crippen LogP contribution in [0.2, 0.25) is 5.82 Å². The molecular weight excluding hydrogens is 293 g/mol. The predicted molar refractivity (Wildman–Crippen MR) is 57.0 cm³/mol. The highest BCUT2D eigenvalue weighted by Gasteiger charge is 2.70. The zero-order valence-electron chi connectivity index (χ0n) is 10.7. The van der Waals surface area contributed by atoms with Crippen LogP contribution < -0.4 is 0 Å². The van der Waals surface area contributed by atoms with Crippen LogP contribution in [0.1, 0.15) is 26.7 Å². The minimum atomic E-state index is -5.96. The SMILES string of the molecule is [B]C(C)C[C@@H](CC(O)(C(F)(F)F)C(F)(F)F)OC(C)=O. The lowest BCUT2D eigenvalue weighted by atomic mass is 9.81. The summed E-state index contributed by atoms with van der Waals surface area (Å²) in [6.07, 6.45) is -16.0. The van der Waals surface area contributed by atoms with Gasteiger partial charge in [-0.2, -0.15) is 26.3 Å². The molecule has 3 nitrogen and oxygen atoms in total. The van der Waals surface area contributed by atoms with Crippen LogP contribution in [0.25, 0.3) is 0 Å². The molecule has 2 atom stereocenters. The van der Waals surface area contributed by atoms with E-state index in [1.165, 1.54) is 6.92 Å². The van der Waals surface area contributed by atoms with Gasteiger partial charge in [0, 0.05) is 13.3 Å². The van der Waals surface area contributed by atoms with E-state index in [2.05, 4.69) is 4.74 Å². The number of aliphatic hydroxyl groups is 1. The lowest BCUT2D eigenvalue weighted by molar-refractivity contribution is -0.374. The summed E-state index contributed by atoms with van der Waals surface area (Å²) < 4.78 is 79.3. The Morgan fingerprint density at radius 2 is 1.60 bits per heavy atom. The van der Waals surface area contributed by atoms with Gasteiger partial charge in [0.05, 0.1) is 7.85 Å². The number of carbonyl (C=O) groups is 1. The van der Waals surface area contributed by atoms with Crippen molar-refractivity contribution in [1.82, 2.24) is 0 Å². The van der Waals surface area contributed by atoms with Crippen LogP contribution in [0, 0.1) is 0 Å². The molecule has 0 saturated heterocycles. The number of hydrogen-bond acceptors (Lipinski definition) is 3. The molecule has 0 aliphatic heterocycles. The number of halogens is 6. The van der Waals surface area contributed by atoms with E-state index in [-0.39, 0.29) is 0 Å². The first-order valence-corrected chi connectivity index (χ1v) is 5.49. The van der Waals surface area contributed by atoms with E-state index in [0.29, 0.717) is 0 Å². The Hall–Kier alpha value is -0.925. The van der Waals surface area contributed by atoms with Crippen LogP contribution in [0.3, 0.4) is 0 Å². The maximum atomic E-state index is 12.5. The van der Waals surface area contributed by atoms with Crippen molar-refractivity contribution < 1.29 is 41.0 Å². The second kappa shape index (κ2) is 6.23. The molecule has 0 spiro atoms. The van der Waals surface area contributed by atoms with Gasteiger partial charge < -0.3 is 9.84 Å². The third kappa shape index (κ3) is 4.88. The standard InChI is InChI=1S/C10H13BF6O3/c1-5(11)3-7(20-6(2)18)4-8(19,9(12,13)14)10(15,16)17/h5,7,19H,3-4H2,1-2H3/t5?,7-/m0/s1. The first kappa shape index (κ1) is 19.1. The summed E-state index contributed by atoms with van der Waals surface area (Å²) in [5.41, 5.74) is -4.96. The van der Waals surface area contributed by atoms with Crippen LogP contribution in [-0.2, 0) is 9.53 Å². The molecule has 0 aromatic rings. The Morgan fingerprint density at radius 3 is 1.85 bits per heavy atom. The summed E-state index contributed by atoms with van der Waals surface area (Å²) in [6, 6.07) is 0. The van der Waals surface area contributed by atoms with Gasteiger partial charge in [0.2, 0.25) is 0 Å². The molecule has 1 unspecified atom stereocenters. The highest BCUT2D eigenvalue weighted by atomic mass is 19.4. The maximum absolute atomic E-state index is 12.5. The normalized spacial score (nSPS) is 16.6. The van der Waals surface area contributed by atoms with E-state index < -0.39 is 48.7 Å². The van der Waals surface area contributed by atoms with Gasteiger partial charge >= 0.3 is 18.3 Å². The Kier molecular flexibility index (Phi) is 5.95. The average molecular weight is 306 g/mol. The summed E-state index contributed by atoms with van der Waals surface area (Å²) in [5.74, 6) is -1.88. The molecule has 0 aliphatic rings. The lowest BCUT2D eigenvalue weighted by Crippen LogP contribution is -2.58. The predicted octanol–water partition coefficient (Wildman–Crippen LogP) is 2.53. The van der Waals surface area contributed by atoms with Crippen LogP contribution in [-0.4, -0.2) is 43.0 Å². The van der Waals surface area contributed by atoms with Gasteiger partial charge in [0.25, 0.3) is 5.60 Å². The van der Waals surface area contributed by atoms with Crippen molar-refractivity contribution in [2.45, 2.75) is 56.6 Å². The van der Waals surface area contributed by atoms with Crippen molar-refractivity contribution in [3.05, 3.63) is 0 Å². The van der Waals surface area contributed by atoms with E-state index in [4.69, 9.17) is 13.0 Å². The van der Waals surface area contributed by atoms with Crippen molar-refractivity contribution in [2.75, 3.05) is 0 Å². The van der Waals surface area contributed by atoms with Crippen molar-refractivity contribution in [3.8, 4) is 0 Å². The Morgan fingerprint density at radius 1 is 1.20 bits per heavy atom. The summed E-state index contributed by atoms with van der Waals surface area (Å²) in [4.78, 5) is 10.7. The molecule has 1 N–H and O–H groups in total. The van der Waals surface area contributed by atoms with Gasteiger partial charge in [-0.25, -0.2) is 0 Å². The van der Waals surface area contributed by atoms with Crippen molar-refractivity contribution in [1.29, 1.82) is 0 Å². The fourth-order valence-corrected chi connectivity index (χ4v) is 1.54. The highest BCUT2D eigenvalue weighted by Crippen LogP contribution is 2.46. The third-order valence-electron chi connectivity index (χ3n) is 2.43. The van der Waals surface area contributed by atoms with Gasteiger partial charge in [0.15, 0.2) is 0 Å². The van der Waals surface area contributed by atoms with Crippen molar-refractivity contribution in [3.63, 3.8) is 0 Å². The largest absolute Gasteiger partial charge is 0.462 e. The zero-order valence-corrected chi connectivity index (χ0v) is 10.7. The molecule has 116 valence electrons. The molecule has 20 heavy (non-hydrogen) atoms. The van der Waals surface area contributed by atoms with Crippen molar-refractivity contribution in [2.24, 2.45) is 0 Å². The number of carbonyl (C=O) groups excluding carboxylic acids is 1. The molecule has 0 fully saturated rings. The molecule has 0 aromatic heterocycles. The van der Waals surface area contributed by atoms with Gasteiger partial charge in [-0.1, -0.05) is 12.7 Å². The van der Waals surface area contributed by atoms with Crippen LogP contribution in [0.4, 0.5) is 26.3 Å². The summed E-state index contributed by atoms with van der Waals surface area (Å²) in [6.45, 7) is 2.14. The smallest absolute Gasteiger partial charge is 0.426 e. The molecule has 0 heterocycles.